The van der Waals surface area contributed by atoms with Crippen LogP contribution in [0.25, 0.3) is 0 Å². The van der Waals surface area contributed by atoms with Crippen LogP contribution < -0.4 is 5.32 Å². The second kappa shape index (κ2) is 6.70. The van der Waals surface area contributed by atoms with Crippen LogP contribution in [0.1, 0.15) is 46.6 Å². The molecule has 2 nitrogen and oxygen atoms in total. The fourth-order valence-corrected chi connectivity index (χ4v) is 3.73. The minimum Gasteiger partial charge on any atom is -0.305 e. The van der Waals surface area contributed by atoms with Gasteiger partial charge in [-0.05, 0) is 50.1 Å². The van der Waals surface area contributed by atoms with Crippen molar-refractivity contribution in [3.05, 3.63) is 49.9 Å². The Hall–Kier alpha value is -0.900. The van der Waals surface area contributed by atoms with Crippen molar-refractivity contribution in [3.8, 4) is 0 Å². The van der Waals surface area contributed by atoms with Gasteiger partial charge in [-0.2, -0.15) is 0 Å². The van der Waals surface area contributed by atoms with E-state index in [1.807, 2.05) is 12.1 Å². The van der Waals surface area contributed by atoms with Gasteiger partial charge in [0.15, 0.2) is 0 Å². The molecule has 1 N–H and O–H groups in total. The van der Waals surface area contributed by atoms with Gasteiger partial charge >= 0.3 is 0 Å². The average Bonchev–Trinajstić information content (AvgIpc) is 2.78. The van der Waals surface area contributed by atoms with E-state index in [9.17, 15) is 0 Å². The summed E-state index contributed by atoms with van der Waals surface area (Å²) in [6.45, 7) is 9.44. The predicted octanol–water partition coefficient (Wildman–Crippen LogP) is 4.67. The second-order valence-electron chi connectivity index (χ2n) is 4.90. The Morgan fingerprint density at radius 1 is 1.30 bits per heavy atom. The Bertz CT molecular complexity index is 592. The molecular formula is C16H21ClN2S. The number of hydrogen-bond acceptors (Lipinski definition) is 3. The lowest BCUT2D eigenvalue weighted by Crippen LogP contribution is -2.22. The third-order valence-corrected chi connectivity index (χ3v) is 4.76. The normalized spacial score (nSPS) is 12.7. The Morgan fingerprint density at radius 3 is 2.60 bits per heavy atom. The molecule has 1 atom stereocenters. The lowest BCUT2D eigenvalue weighted by atomic mass is 10.0. The van der Waals surface area contributed by atoms with Crippen LogP contribution in [0.3, 0.4) is 0 Å². The smallest absolute Gasteiger partial charge is 0.115 e. The molecule has 0 saturated carbocycles. The Balaban J connectivity index is 2.44. The van der Waals surface area contributed by atoms with Crippen LogP contribution >= 0.6 is 22.9 Å². The number of halogens is 1. The maximum absolute atomic E-state index is 6.06. The molecule has 0 aliphatic rings. The number of hydrogen-bond donors (Lipinski definition) is 1. The fraction of sp³-hybridized carbons (Fsp3) is 0.438. The molecule has 2 aromatic rings. The molecule has 4 heteroatoms. The monoisotopic (exact) mass is 308 g/mol. The van der Waals surface area contributed by atoms with E-state index in [0.717, 1.165) is 23.0 Å². The maximum Gasteiger partial charge on any atom is 0.115 e. The first-order valence-electron chi connectivity index (χ1n) is 7.02. The zero-order valence-electron chi connectivity index (χ0n) is 12.5. The highest BCUT2D eigenvalue weighted by Crippen LogP contribution is 2.31. The summed E-state index contributed by atoms with van der Waals surface area (Å²) >= 11 is 7.85. The van der Waals surface area contributed by atoms with Crippen molar-refractivity contribution in [2.24, 2.45) is 0 Å². The highest BCUT2D eigenvalue weighted by Gasteiger charge is 2.20. The quantitative estimate of drug-likeness (QED) is 0.868. The minimum atomic E-state index is 0.154. The summed E-state index contributed by atoms with van der Waals surface area (Å²) < 4.78 is 0. The van der Waals surface area contributed by atoms with Gasteiger partial charge in [-0.25, -0.2) is 4.98 Å². The molecule has 1 aromatic heterocycles. The third kappa shape index (κ3) is 3.22. The summed E-state index contributed by atoms with van der Waals surface area (Å²) in [7, 11) is 0. The van der Waals surface area contributed by atoms with Crippen molar-refractivity contribution in [2.75, 3.05) is 6.54 Å². The molecule has 20 heavy (non-hydrogen) atoms. The summed E-state index contributed by atoms with van der Waals surface area (Å²) in [4.78, 5) is 6.13. The molecule has 1 unspecified atom stereocenters. The van der Waals surface area contributed by atoms with Gasteiger partial charge in [0.1, 0.15) is 5.01 Å². The van der Waals surface area contributed by atoms with E-state index in [-0.39, 0.29) is 6.04 Å². The first-order chi connectivity index (χ1) is 9.56. The number of benzene rings is 1. The summed E-state index contributed by atoms with van der Waals surface area (Å²) in [5.74, 6) is 0. The molecule has 1 heterocycles. The van der Waals surface area contributed by atoms with Gasteiger partial charge in [0.25, 0.3) is 0 Å². The van der Waals surface area contributed by atoms with Crippen LogP contribution in [-0.2, 0) is 6.42 Å². The topological polar surface area (TPSA) is 24.9 Å². The predicted molar refractivity (Wildman–Crippen MR) is 87.9 cm³/mol. The van der Waals surface area contributed by atoms with Crippen molar-refractivity contribution < 1.29 is 0 Å². The molecule has 0 aliphatic carbocycles. The van der Waals surface area contributed by atoms with E-state index in [1.165, 1.54) is 21.7 Å². The van der Waals surface area contributed by atoms with Gasteiger partial charge in [0.2, 0.25) is 0 Å². The fourth-order valence-electron chi connectivity index (χ4n) is 2.40. The highest BCUT2D eigenvalue weighted by atomic mass is 35.5. The van der Waals surface area contributed by atoms with Gasteiger partial charge in [0.05, 0.1) is 11.7 Å². The van der Waals surface area contributed by atoms with Crippen molar-refractivity contribution in [1.82, 2.24) is 10.3 Å². The van der Waals surface area contributed by atoms with E-state index >= 15 is 0 Å². The van der Waals surface area contributed by atoms with E-state index in [1.54, 1.807) is 11.3 Å². The Labute approximate surface area is 130 Å². The number of aryl methyl sites for hydroxylation is 3. The van der Waals surface area contributed by atoms with Crippen LogP contribution in [0.5, 0.6) is 0 Å². The van der Waals surface area contributed by atoms with Crippen LogP contribution in [0, 0.1) is 13.8 Å². The number of aromatic nitrogens is 1. The zero-order valence-corrected chi connectivity index (χ0v) is 14.0. The average molecular weight is 309 g/mol. The lowest BCUT2D eigenvalue weighted by molar-refractivity contribution is 0.622. The number of nitrogens with zero attached hydrogens (tertiary/aromatic N) is 1. The van der Waals surface area contributed by atoms with Crippen molar-refractivity contribution in [1.29, 1.82) is 0 Å². The molecule has 0 radical (unpaired) electrons. The van der Waals surface area contributed by atoms with Crippen LogP contribution in [-0.4, -0.2) is 11.5 Å². The number of nitrogens with one attached hydrogen (secondary N) is 1. The molecule has 2 rings (SSSR count). The minimum absolute atomic E-state index is 0.154. The van der Waals surface area contributed by atoms with Crippen molar-refractivity contribution in [3.63, 3.8) is 0 Å². The Kier molecular flexibility index (Phi) is 5.19. The summed E-state index contributed by atoms with van der Waals surface area (Å²) in [6, 6.07) is 6.23. The van der Waals surface area contributed by atoms with Gasteiger partial charge in [-0.15, -0.1) is 11.3 Å². The first-order valence-corrected chi connectivity index (χ1v) is 8.21. The summed E-state index contributed by atoms with van der Waals surface area (Å²) in [5, 5.41) is 5.47. The lowest BCUT2D eigenvalue weighted by Gasteiger charge is -2.18. The number of thiazole rings is 1. The summed E-state index contributed by atoms with van der Waals surface area (Å²) in [5.41, 5.74) is 3.67. The zero-order chi connectivity index (χ0) is 14.7. The SMILES string of the molecule is CCNC(c1nc(CC)c(C)s1)c1ccc(Cl)cc1C. The molecule has 0 fully saturated rings. The molecule has 0 spiro atoms. The first kappa shape index (κ1) is 15.5. The van der Waals surface area contributed by atoms with Crippen LogP contribution in [0.2, 0.25) is 5.02 Å². The molecule has 0 amide bonds. The van der Waals surface area contributed by atoms with Gasteiger partial charge < -0.3 is 5.32 Å². The van der Waals surface area contributed by atoms with E-state index in [4.69, 9.17) is 16.6 Å². The van der Waals surface area contributed by atoms with Gasteiger partial charge in [-0.1, -0.05) is 31.5 Å². The molecule has 0 saturated heterocycles. The largest absolute Gasteiger partial charge is 0.305 e. The maximum atomic E-state index is 6.06. The Morgan fingerprint density at radius 2 is 2.05 bits per heavy atom. The second-order valence-corrected chi connectivity index (χ2v) is 6.57. The molecule has 1 aromatic carbocycles. The van der Waals surface area contributed by atoms with Crippen molar-refractivity contribution >= 4 is 22.9 Å². The van der Waals surface area contributed by atoms with E-state index in [0.29, 0.717) is 0 Å². The highest BCUT2D eigenvalue weighted by molar-refractivity contribution is 7.11. The number of rotatable bonds is 5. The molecule has 108 valence electrons. The van der Waals surface area contributed by atoms with Crippen molar-refractivity contribution in [2.45, 2.75) is 40.2 Å². The van der Waals surface area contributed by atoms with Gasteiger partial charge in [-0.3, -0.25) is 0 Å². The summed E-state index contributed by atoms with van der Waals surface area (Å²) in [6.07, 6.45) is 0.987. The standard InChI is InChI=1S/C16H21ClN2S/c1-5-14-11(4)20-16(19-14)15(18-6-2)13-8-7-12(17)9-10(13)3/h7-9,15,18H,5-6H2,1-4H3. The molecular weight excluding hydrogens is 288 g/mol. The van der Waals surface area contributed by atoms with E-state index in [2.05, 4.69) is 39.1 Å². The van der Waals surface area contributed by atoms with Crippen LogP contribution in [0.4, 0.5) is 0 Å². The third-order valence-electron chi connectivity index (χ3n) is 3.44. The van der Waals surface area contributed by atoms with E-state index < -0.39 is 0 Å². The molecule has 0 aliphatic heterocycles. The van der Waals surface area contributed by atoms with Gasteiger partial charge in [0, 0.05) is 9.90 Å². The van der Waals surface area contributed by atoms with Crippen LogP contribution in [0.15, 0.2) is 18.2 Å². The molecule has 0 bridgehead atoms.